The van der Waals surface area contributed by atoms with Gasteiger partial charge >= 0.3 is 0 Å². The van der Waals surface area contributed by atoms with Gasteiger partial charge in [0.1, 0.15) is 5.15 Å². The predicted octanol–water partition coefficient (Wildman–Crippen LogP) is 2.39. The van der Waals surface area contributed by atoms with Crippen LogP contribution in [0.3, 0.4) is 0 Å². The summed E-state index contributed by atoms with van der Waals surface area (Å²) in [5.41, 5.74) is 1.09. The van der Waals surface area contributed by atoms with Crippen LogP contribution in [-0.2, 0) is 11.8 Å². The van der Waals surface area contributed by atoms with E-state index in [1.165, 1.54) is 6.39 Å². The molecule has 0 unspecified atom stereocenters. The van der Waals surface area contributed by atoms with Gasteiger partial charge in [-0.25, -0.2) is 4.98 Å². The van der Waals surface area contributed by atoms with E-state index >= 15 is 0 Å². The third-order valence-corrected chi connectivity index (χ3v) is 3.06. The topological polar surface area (TPSA) is 80.9 Å². The van der Waals surface area contributed by atoms with Crippen LogP contribution in [-0.4, -0.2) is 27.6 Å². The molecular formula is C14H17ClN4O2. The zero-order valence-corrected chi connectivity index (χ0v) is 12.9. The largest absolute Gasteiger partial charge is 0.352 e. The Morgan fingerprint density at radius 1 is 1.38 bits per heavy atom. The Labute approximate surface area is 127 Å². The van der Waals surface area contributed by atoms with Crippen LogP contribution in [0.2, 0.25) is 5.15 Å². The molecular weight excluding hydrogens is 292 g/mol. The van der Waals surface area contributed by atoms with Crippen molar-refractivity contribution in [3.05, 3.63) is 40.8 Å². The van der Waals surface area contributed by atoms with Crippen molar-refractivity contribution in [3.63, 3.8) is 0 Å². The molecule has 0 fully saturated rings. The van der Waals surface area contributed by atoms with Crippen LogP contribution >= 0.6 is 11.6 Å². The minimum absolute atomic E-state index is 0.176. The van der Waals surface area contributed by atoms with Crippen molar-refractivity contribution in [2.24, 2.45) is 0 Å². The van der Waals surface area contributed by atoms with Crippen molar-refractivity contribution in [2.75, 3.05) is 6.54 Å². The summed E-state index contributed by atoms with van der Waals surface area (Å²) in [4.78, 5) is 20.3. The fourth-order valence-corrected chi connectivity index (χ4v) is 1.91. The molecule has 1 amide bonds. The second-order valence-electron chi connectivity index (χ2n) is 5.67. The molecule has 2 aromatic rings. The summed E-state index contributed by atoms with van der Waals surface area (Å²) in [5.74, 6) is 0.353. The molecule has 21 heavy (non-hydrogen) atoms. The van der Waals surface area contributed by atoms with E-state index in [1.807, 2.05) is 20.8 Å². The third-order valence-electron chi connectivity index (χ3n) is 2.87. The smallest absolute Gasteiger partial charge is 0.251 e. The molecule has 6 nitrogen and oxygen atoms in total. The average molecular weight is 309 g/mol. The van der Waals surface area contributed by atoms with Gasteiger partial charge in [-0.2, -0.15) is 4.98 Å². The third kappa shape index (κ3) is 4.26. The molecule has 0 radical (unpaired) electrons. The lowest BCUT2D eigenvalue weighted by Crippen LogP contribution is -2.26. The molecule has 0 saturated carbocycles. The summed E-state index contributed by atoms with van der Waals surface area (Å²) in [7, 11) is 0. The number of amides is 1. The number of pyridine rings is 1. The van der Waals surface area contributed by atoms with Gasteiger partial charge in [-0.05, 0) is 12.1 Å². The van der Waals surface area contributed by atoms with E-state index in [9.17, 15) is 4.79 Å². The van der Waals surface area contributed by atoms with Crippen LogP contribution in [0.5, 0.6) is 0 Å². The van der Waals surface area contributed by atoms with Crippen LogP contribution in [0.1, 0.15) is 42.6 Å². The van der Waals surface area contributed by atoms with E-state index in [2.05, 4.69) is 25.0 Å². The Morgan fingerprint density at radius 2 is 2.14 bits per heavy atom. The first-order valence-electron chi connectivity index (χ1n) is 6.58. The molecule has 7 heteroatoms. The Hall–Kier alpha value is -1.95. The number of hydrogen-bond donors (Lipinski definition) is 1. The van der Waals surface area contributed by atoms with Gasteiger partial charge in [0.25, 0.3) is 5.91 Å². The summed E-state index contributed by atoms with van der Waals surface area (Å²) in [6, 6.07) is 3.32. The minimum Gasteiger partial charge on any atom is -0.352 e. The van der Waals surface area contributed by atoms with Crippen molar-refractivity contribution < 1.29 is 9.32 Å². The molecule has 112 valence electrons. The first-order valence-corrected chi connectivity index (χ1v) is 6.95. The van der Waals surface area contributed by atoms with Crippen molar-refractivity contribution in [1.29, 1.82) is 0 Å². The molecule has 2 aromatic heterocycles. The highest BCUT2D eigenvalue weighted by atomic mass is 35.5. The Balaban J connectivity index is 2.03. The van der Waals surface area contributed by atoms with E-state index in [1.54, 1.807) is 12.1 Å². The van der Waals surface area contributed by atoms with Gasteiger partial charge in [-0.15, -0.1) is 0 Å². The number of aromatic nitrogens is 3. The highest BCUT2D eigenvalue weighted by molar-refractivity contribution is 6.29. The lowest BCUT2D eigenvalue weighted by Gasteiger charge is -2.18. The number of carbonyl (C=O) groups excluding carboxylic acids is 1. The Bertz CT molecular complexity index is 620. The first kappa shape index (κ1) is 15.4. The fourth-order valence-electron chi connectivity index (χ4n) is 1.70. The van der Waals surface area contributed by atoms with Crippen LogP contribution in [0.15, 0.2) is 23.0 Å². The van der Waals surface area contributed by atoms with Gasteiger partial charge in [0.15, 0.2) is 5.82 Å². The molecule has 0 aromatic carbocycles. The number of carbonyl (C=O) groups is 1. The van der Waals surface area contributed by atoms with E-state index in [0.717, 1.165) is 5.69 Å². The lowest BCUT2D eigenvalue weighted by molar-refractivity contribution is 0.0953. The Kier molecular flexibility index (Phi) is 4.57. The second kappa shape index (κ2) is 6.22. The molecule has 0 spiro atoms. The zero-order valence-electron chi connectivity index (χ0n) is 12.2. The summed E-state index contributed by atoms with van der Waals surface area (Å²) >= 11 is 5.99. The van der Waals surface area contributed by atoms with Crippen molar-refractivity contribution in [2.45, 2.75) is 32.6 Å². The quantitative estimate of drug-likeness (QED) is 0.877. The van der Waals surface area contributed by atoms with Crippen LogP contribution in [0, 0.1) is 0 Å². The van der Waals surface area contributed by atoms with Gasteiger partial charge < -0.3 is 9.84 Å². The highest BCUT2D eigenvalue weighted by Crippen LogP contribution is 2.23. The SMILES string of the molecule is CC(C)(C)c1cc(C(=O)NCCc2ncon2)cc(Cl)n1. The van der Waals surface area contributed by atoms with E-state index < -0.39 is 0 Å². The lowest BCUT2D eigenvalue weighted by atomic mass is 9.91. The van der Waals surface area contributed by atoms with Gasteiger partial charge in [0, 0.05) is 29.6 Å². The van der Waals surface area contributed by atoms with E-state index in [4.69, 9.17) is 11.6 Å². The number of nitrogens with one attached hydrogen (secondary N) is 1. The van der Waals surface area contributed by atoms with Gasteiger partial charge in [0.05, 0.1) is 0 Å². The summed E-state index contributed by atoms with van der Waals surface area (Å²) in [6.07, 6.45) is 1.77. The standard InChI is InChI=1S/C14H17ClN4O2/c1-14(2,3)10-6-9(7-11(15)18-10)13(20)16-5-4-12-17-8-21-19-12/h6-8H,4-5H2,1-3H3,(H,16,20). The normalized spacial score (nSPS) is 11.4. The molecule has 0 atom stereocenters. The molecule has 2 rings (SSSR count). The molecule has 0 aliphatic heterocycles. The maximum Gasteiger partial charge on any atom is 0.251 e. The van der Waals surface area contributed by atoms with Crippen molar-refractivity contribution in [3.8, 4) is 0 Å². The minimum atomic E-state index is -0.201. The fraction of sp³-hybridized carbons (Fsp3) is 0.429. The zero-order chi connectivity index (χ0) is 15.5. The average Bonchev–Trinajstić information content (AvgIpc) is 2.90. The molecule has 0 saturated heterocycles. The van der Waals surface area contributed by atoms with E-state index in [-0.39, 0.29) is 11.3 Å². The van der Waals surface area contributed by atoms with Crippen molar-refractivity contribution in [1.82, 2.24) is 20.4 Å². The number of hydrogen-bond acceptors (Lipinski definition) is 5. The maximum atomic E-state index is 12.1. The van der Waals surface area contributed by atoms with Crippen LogP contribution in [0.25, 0.3) is 0 Å². The summed E-state index contributed by atoms with van der Waals surface area (Å²) in [6.45, 7) is 6.47. The molecule has 1 N–H and O–H groups in total. The van der Waals surface area contributed by atoms with Gasteiger partial charge in [0.2, 0.25) is 6.39 Å². The molecule has 2 heterocycles. The van der Waals surface area contributed by atoms with Gasteiger partial charge in [-0.3, -0.25) is 4.79 Å². The number of halogens is 1. The van der Waals surface area contributed by atoms with E-state index in [0.29, 0.717) is 29.5 Å². The maximum absolute atomic E-state index is 12.1. The van der Waals surface area contributed by atoms with Gasteiger partial charge in [-0.1, -0.05) is 37.5 Å². The van der Waals surface area contributed by atoms with Crippen LogP contribution < -0.4 is 5.32 Å². The highest BCUT2D eigenvalue weighted by Gasteiger charge is 2.18. The molecule has 0 bridgehead atoms. The summed E-state index contributed by atoms with van der Waals surface area (Å²) in [5, 5.41) is 6.78. The first-order chi connectivity index (χ1) is 9.86. The Morgan fingerprint density at radius 3 is 2.76 bits per heavy atom. The monoisotopic (exact) mass is 308 g/mol. The number of nitrogens with zero attached hydrogens (tertiary/aromatic N) is 3. The molecule has 0 aliphatic rings. The van der Waals surface area contributed by atoms with Crippen LogP contribution in [0.4, 0.5) is 0 Å². The molecule has 0 aliphatic carbocycles. The summed E-state index contributed by atoms with van der Waals surface area (Å²) < 4.78 is 4.63. The predicted molar refractivity (Wildman–Crippen MR) is 78.3 cm³/mol. The van der Waals surface area contributed by atoms with Crippen molar-refractivity contribution >= 4 is 17.5 Å². The second-order valence-corrected chi connectivity index (χ2v) is 6.05. The number of rotatable bonds is 4.